The predicted molar refractivity (Wildman–Crippen MR) is 125 cm³/mol. The molecular formula is C22H17N5O2S2. The maximum absolute atomic E-state index is 13.2. The van der Waals surface area contributed by atoms with Crippen LogP contribution in [-0.4, -0.2) is 25.5 Å². The van der Waals surface area contributed by atoms with E-state index in [1.54, 1.807) is 0 Å². The van der Waals surface area contributed by atoms with E-state index in [1.807, 2.05) is 56.5 Å². The zero-order valence-corrected chi connectivity index (χ0v) is 18.6. The van der Waals surface area contributed by atoms with Crippen molar-refractivity contribution in [1.29, 1.82) is 0 Å². The van der Waals surface area contributed by atoms with Crippen molar-refractivity contribution in [2.75, 3.05) is 5.43 Å². The number of hydrogen-bond donors (Lipinski definition) is 1. The number of aryl methyl sites for hydroxylation is 3. The molecule has 9 heteroatoms. The SMILES string of the molecule is Cc1nc(C)c2c(C)c(C(=O)Nn3cnc4scc(-c5ccccc5)c4c3=O)sc2n1. The summed E-state index contributed by atoms with van der Waals surface area (Å²) in [5, 5.41) is 3.29. The molecule has 0 fully saturated rings. The van der Waals surface area contributed by atoms with Gasteiger partial charge in [-0.15, -0.1) is 22.7 Å². The Labute approximate surface area is 185 Å². The summed E-state index contributed by atoms with van der Waals surface area (Å²) in [5.74, 6) is 0.285. The Bertz CT molecular complexity index is 1530. The number of carbonyl (C=O) groups is 1. The Morgan fingerprint density at radius 2 is 1.81 bits per heavy atom. The van der Waals surface area contributed by atoms with Crippen LogP contribution in [0.2, 0.25) is 0 Å². The van der Waals surface area contributed by atoms with Gasteiger partial charge >= 0.3 is 0 Å². The number of carbonyl (C=O) groups excluding carboxylic acids is 1. The smallest absolute Gasteiger partial charge is 0.267 e. The van der Waals surface area contributed by atoms with Gasteiger partial charge in [0.2, 0.25) is 0 Å². The maximum Gasteiger partial charge on any atom is 0.281 e. The molecule has 0 bridgehead atoms. The van der Waals surface area contributed by atoms with Crippen LogP contribution in [0.4, 0.5) is 0 Å². The molecule has 0 aliphatic carbocycles. The molecule has 0 spiro atoms. The highest BCUT2D eigenvalue weighted by atomic mass is 32.1. The molecule has 0 aliphatic rings. The zero-order valence-electron chi connectivity index (χ0n) is 17.0. The fraction of sp³-hybridized carbons (Fsp3) is 0.136. The van der Waals surface area contributed by atoms with Crippen LogP contribution >= 0.6 is 22.7 Å². The number of aromatic nitrogens is 4. The molecule has 1 N–H and O–H groups in total. The second-order valence-corrected chi connectivity index (χ2v) is 9.01. The largest absolute Gasteiger partial charge is 0.281 e. The van der Waals surface area contributed by atoms with Gasteiger partial charge in [0.05, 0.1) is 10.3 Å². The second kappa shape index (κ2) is 7.36. The Balaban J connectivity index is 1.57. The topological polar surface area (TPSA) is 89.8 Å². The second-order valence-electron chi connectivity index (χ2n) is 7.15. The fourth-order valence-electron chi connectivity index (χ4n) is 3.69. The molecule has 1 amide bonds. The van der Waals surface area contributed by atoms with Gasteiger partial charge in [-0.3, -0.25) is 15.0 Å². The average Bonchev–Trinajstić information content (AvgIpc) is 3.32. The van der Waals surface area contributed by atoms with Gasteiger partial charge < -0.3 is 0 Å². The van der Waals surface area contributed by atoms with Gasteiger partial charge in [0.15, 0.2) is 0 Å². The Morgan fingerprint density at radius 1 is 1.03 bits per heavy atom. The number of benzene rings is 1. The summed E-state index contributed by atoms with van der Waals surface area (Å²) in [5.41, 5.74) is 5.75. The molecule has 1 aromatic carbocycles. The minimum atomic E-state index is -0.378. The van der Waals surface area contributed by atoms with Gasteiger partial charge in [-0.25, -0.2) is 19.6 Å². The van der Waals surface area contributed by atoms with Crippen LogP contribution < -0.4 is 11.0 Å². The quantitative estimate of drug-likeness (QED) is 0.442. The number of fused-ring (bicyclic) bond motifs is 2. The lowest BCUT2D eigenvalue weighted by Gasteiger charge is -2.08. The molecule has 4 heterocycles. The van der Waals surface area contributed by atoms with E-state index >= 15 is 0 Å². The molecular weight excluding hydrogens is 430 g/mol. The number of hydrogen-bond acceptors (Lipinski definition) is 7. The minimum Gasteiger partial charge on any atom is -0.267 e. The van der Waals surface area contributed by atoms with Gasteiger partial charge in [0.1, 0.15) is 21.8 Å². The summed E-state index contributed by atoms with van der Waals surface area (Å²) in [6.45, 7) is 5.60. The van der Waals surface area contributed by atoms with Crippen molar-refractivity contribution in [2.45, 2.75) is 20.8 Å². The highest BCUT2D eigenvalue weighted by Crippen LogP contribution is 2.32. The van der Waals surface area contributed by atoms with Crippen LogP contribution in [0.15, 0.2) is 46.8 Å². The number of rotatable bonds is 3. The third-order valence-electron chi connectivity index (χ3n) is 5.09. The predicted octanol–water partition coefficient (Wildman–Crippen LogP) is 4.44. The molecule has 31 heavy (non-hydrogen) atoms. The van der Waals surface area contributed by atoms with Gasteiger partial charge in [-0.05, 0) is 31.9 Å². The van der Waals surface area contributed by atoms with E-state index in [0.717, 1.165) is 37.3 Å². The molecule has 0 radical (unpaired) electrons. The van der Waals surface area contributed by atoms with E-state index in [9.17, 15) is 9.59 Å². The third kappa shape index (κ3) is 3.22. The van der Waals surface area contributed by atoms with Crippen molar-refractivity contribution in [3.8, 4) is 11.1 Å². The summed E-state index contributed by atoms with van der Waals surface area (Å²) in [4.78, 5) is 41.4. The van der Waals surface area contributed by atoms with Crippen LogP contribution in [-0.2, 0) is 0 Å². The normalized spacial score (nSPS) is 11.3. The van der Waals surface area contributed by atoms with Gasteiger partial charge in [-0.2, -0.15) is 0 Å². The molecule has 0 unspecified atom stereocenters. The Morgan fingerprint density at radius 3 is 2.58 bits per heavy atom. The zero-order chi connectivity index (χ0) is 21.7. The molecule has 154 valence electrons. The van der Waals surface area contributed by atoms with E-state index < -0.39 is 0 Å². The highest BCUT2D eigenvalue weighted by molar-refractivity contribution is 7.20. The summed E-state index contributed by atoms with van der Waals surface area (Å²) in [6, 6.07) is 9.67. The van der Waals surface area contributed by atoms with Crippen LogP contribution in [0.25, 0.3) is 31.6 Å². The first-order valence-electron chi connectivity index (χ1n) is 9.54. The molecule has 0 saturated heterocycles. The molecule has 0 aliphatic heterocycles. The van der Waals surface area contributed by atoms with E-state index in [1.165, 1.54) is 29.0 Å². The molecule has 0 atom stereocenters. The molecule has 0 saturated carbocycles. The minimum absolute atomic E-state index is 0.316. The highest BCUT2D eigenvalue weighted by Gasteiger charge is 2.20. The Hall–Kier alpha value is -3.43. The summed E-state index contributed by atoms with van der Waals surface area (Å²) < 4.78 is 1.15. The van der Waals surface area contributed by atoms with Gasteiger partial charge in [-0.1, -0.05) is 30.3 Å². The third-order valence-corrected chi connectivity index (χ3v) is 7.16. The molecule has 5 aromatic rings. The number of thiophene rings is 2. The number of nitrogens with zero attached hydrogens (tertiary/aromatic N) is 4. The van der Waals surface area contributed by atoms with Crippen LogP contribution in [0.1, 0.15) is 26.8 Å². The van der Waals surface area contributed by atoms with E-state index in [4.69, 9.17) is 0 Å². The van der Waals surface area contributed by atoms with Crippen molar-refractivity contribution in [3.63, 3.8) is 0 Å². The lowest BCUT2D eigenvalue weighted by Crippen LogP contribution is -2.33. The Kier molecular flexibility index (Phi) is 4.64. The van der Waals surface area contributed by atoms with Crippen LogP contribution in [0, 0.1) is 20.8 Å². The van der Waals surface area contributed by atoms with E-state index in [2.05, 4.69) is 20.4 Å². The summed E-state index contributed by atoms with van der Waals surface area (Å²) in [6.07, 6.45) is 1.35. The fourth-order valence-corrected chi connectivity index (χ4v) is 5.77. The van der Waals surface area contributed by atoms with E-state index in [-0.39, 0.29) is 11.5 Å². The molecule has 4 aromatic heterocycles. The number of nitrogens with one attached hydrogen (secondary N) is 1. The van der Waals surface area contributed by atoms with Crippen molar-refractivity contribution in [1.82, 2.24) is 19.6 Å². The lowest BCUT2D eigenvalue weighted by molar-refractivity contribution is 0.101. The monoisotopic (exact) mass is 447 g/mol. The van der Waals surface area contributed by atoms with Crippen molar-refractivity contribution in [3.05, 3.63) is 74.4 Å². The first-order chi connectivity index (χ1) is 14.9. The van der Waals surface area contributed by atoms with Crippen LogP contribution in [0.5, 0.6) is 0 Å². The number of amides is 1. The lowest BCUT2D eigenvalue weighted by atomic mass is 10.1. The average molecular weight is 448 g/mol. The van der Waals surface area contributed by atoms with Crippen molar-refractivity contribution < 1.29 is 4.79 Å². The molecule has 7 nitrogen and oxygen atoms in total. The van der Waals surface area contributed by atoms with Crippen LogP contribution in [0.3, 0.4) is 0 Å². The molecule has 5 rings (SSSR count). The van der Waals surface area contributed by atoms with Gasteiger partial charge in [0, 0.05) is 22.0 Å². The standard InChI is InChI=1S/C22H17N5O2S2/c1-11-16-12(2)24-13(3)25-21(16)31-18(11)19(28)26-27-10-23-20-17(22(27)29)15(9-30-20)14-7-5-4-6-8-14/h4-10H,1-3H3,(H,26,28). The maximum atomic E-state index is 13.2. The summed E-state index contributed by atoms with van der Waals surface area (Å²) >= 11 is 2.70. The van der Waals surface area contributed by atoms with Crippen molar-refractivity contribution >= 4 is 49.0 Å². The van der Waals surface area contributed by atoms with Gasteiger partial charge in [0.25, 0.3) is 11.5 Å². The first kappa shape index (κ1) is 19.5. The van der Waals surface area contributed by atoms with Crippen molar-refractivity contribution in [2.24, 2.45) is 0 Å². The first-order valence-corrected chi connectivity index (χ1v) is 11.2. The summed E-state index contributed by atoms with van der Waals surface area (Å²) in [7, 11) is 0. The van der Waals surface area contributed by atoms with E-state index in [0.29, 0.717) is 20.9 Å².